The first-order valence-electron chi connectivity index (χ1n) is 17.8. The average Bonchev–Trinajstić information content (AvgIpc) is 3.93. The Balaban J connectivity index is 0.000000160. The van der Waals surface area contributed by atoms with Crippen molar-refractivity contribution in [1.29, 1.82) is 0 Å². The van der Waals surface area contributed by atoms with Crippen LogP contribution in [-0.2, 0) is 25.8 Å². The van der Waals surface area contributed by atoms with Crippen LogP contribution in [0.15, 0.2) is 58.0 Å². The molecule has 8 rings (SSSR count). The Labute approximate surface area is 311 Å². The number of fused-ring (bicyclic) bond motifs is 4. The van der Waals surface area contributed by atoms with Crippen molar-refractivity contribution in [3.63, 3.8) is 0 Å². The van der Waals surface area contributed by atoms with Crippen LogP contribution >= 0.6 is 43.5 Å². The average molecular weight is 821 g/mol. The topological polar surface area (TPSA) is 126 Å². The lowest BCUT2D eigenvalue weighted by molar-refractivity contribution is 0.356. The van der Waals surface area contributed by atoms with Gasteiger partial charge in [-0.05, 0) is 67.7 Å². The molecule has 0 saturated carbocycles. The Morgan fingerprint density at radius 3 is 2.00 bits per heavy atom. The molecule has 12 nitrogen and oxygen atoms in total. The third kappa shape index (κ3) is 7.00. The maximum Gasteiger partial charge on any atom is 0.288 e. The molecule has 6 heterocycles. The lowest BCUT2D eigenvalue weighted by Crippen LogP contribution is -2.09. The molecule has 49 heavy (non-hydrogen) atoms. The van der Waals surface area contributed by atoms with E-state index in [1.807, 2.05) is 0 Å². The van der Waals surface area contributed by atoms with E-state index < -0.39 is 56.2 Å². The summed E-state index contributed by atoms with van der Waals surface area (Å²) >= 11 is 12.3. The van der Waals surface area contributed by atoms with E-state index in [2.05, 4.69) is 66.8 Å². The van der Waals surface area contributed by atoms with Crippen LogP contribution in [0.1, 0.15) is 33.2 Å². The van der Waals surface area contributed by atoms with E-state index in [0.29, 0.717) is 31.3 Å². The molecule has 2 aromatic carbocycles. The molecule has 3 N–H and O–H groups in total. The van der Waals surface area contributed by atoms with Crippen LogP contribution in [0, 0.1) is 24.8 Å². The van der Waals surface area contributed by atoms with Crippen LogP contribution in [0.25, 0.3) is 21.0 Å². The highest BCUT2D eigenvalue weighted by molar-refractivity contribution is 9.11. The van der Waals surface area contributed by atoms with Crippen molar-refractivity contribution in [2.45, 2.75) is 25.8 Å². The molecule has 0 amide bonds. The van der Waals surface area contributed by atoms with E-state index in [9.17, 15) is 8.78 Å². The predicted molar refractivity (Wildman–Crippen MR) is 185 cm³/mol. The summed E-state index contributed by atoms with van der Waals surface area (Å²) in [5, 5.41) is 2.82. The molecule has 6 aromatic rings. The SMILES string of the molecule is [2H]C1Oc2ccc(F)c(C([2H])([2H])N)c2C1[2H].[2H]C1Oc2ccc(F)c(C([2H])([2H])Nc3ncc(Br)c4nc([N+]#[C-])cn34)c2C1[2H].[C-]#[N+]c1cn2c(Cl)ncc(Br)c2n1. The van der Waals surface area contributed by atoms with Crippen LogP contribution in [0.4, 0.5) is 26.4 Å². The van der Waals surface area contributed by atoms with Crippen molar-refractivity contribution in [2.24, 2.45) is 5.73 Å². The van der Waals surface area contributed by atoms with Crippen molar-refractivity contribution >= 4 is 72.3 Å². The summed E-state index contributed by atoms with van der Waals surface area (Å²) in [4.78, 5) is 22.6. The third-order valence-electron chi connectivity index (χ3n) is 6.67. The van der Waals surface area contributed by atoms with E-state index in [1.54, 1.807) is 16.8 Å². The minimum atomic E-state index is -2.49. The normalized spacial score (nSPS) is 21.4. The van der Waals surface area contributed by atoms with Gasteiger partial charge in [0.25, 0.3) is 11.6 Å². The van der Waals surface area contributed by atoms with Crippen molar-refractivity contribution < 1.29 is 29.2 Å². The minimum Gasteiger partial charge on any atom is -0.493 e. The molecule has 0 bridgehead atoms. The van der Waals surface area contributed by atoms with Crippen molar-refractivity contribution in [2.75, 3.05) is 18.5 Å². The molecular formula is C32H23Br2ClF2N10O2. The summed E-state index contributed by atoms with van der Waals surface area (Å²) in [6, 6.07) is 4.64. The quantitative estimate of drug-likeness (QED) is 0.137. The molecule has 2 aliphatic heterocycles. The third-order valence-corrected chi connectivity index (χ3v) is 8.07. The van der Waals surface area contributed by atoms with E-state index in [0.717, 1.165) is 12.1 Å². The Morgan fingerprint density at radius 1 is 0.898 bits per heavy atom. The van der Waals surface area contributed by atoms with Gasteiger partial charge in [0.05, 0.1) is 31.0 Å². The Morgan fingerprint density at radius 2 is 1.43 bits per heavy atom. The Bertz CT molecular complexity index is 2600. The molecule has 0 spiro atoms. The van der Waals surface area contributed by atoms with Gasteiger partial charge in [-0.3, -0.25) is 8.80 Å². The van der Waals surface area contributed by atoms with Crippen LogP contribution in [-0.4, -0.2) is 41.9 Å². The van der Waals surface area contributed by atoms with Crippen LogP contribution in [0.5, 0.6) is 11.5 Å². The highest BCUT2D eigenvalue weighted by Gasteiger charge is 2.21. The highest BCUT2D eigenvalue weighted by atomic mass is 79.9. The second-order valence-corrected chi connectivity index (χ2v) is 11.6. The molecule has 4 aromatic heterocycles. The number of halogens is 5. The van der Waals surface area contributed by atoms with Crippen LogP contribution in [0.2, 0.25) is 5.28 Å². The van der Waals surface area contributed by atoms with E-state index in [1.165, 1.54) is 28.9 Å². The molecule has 0 aliphatic carbocycles. The van der Waals surface area contributed by atoms with Gasteiger partial charge in [-0.25, -0.2) is 18.7 Å². The Hall–Kier alpha value is -4.87. The second kappa shape index (κ2) is 14.7. The molecule has 2 aliphatic rings. The zero-order chi connectivity index (χ0) is 41.7. The summed E-state index contributed by atoms with van der Waals surface area (Å²) < 4.78 is 105. The number of nitrogens with two attached hydrogens (primary N) is 1. The van der Waals surface area contributed by atoms with Gasteiger partial charge in [0, 0.05) is 65.9 Å². The number of anilines is 1. The fraction of sp³-hybridized carbons (Fsp3) is 0.188. The van der Waals surface area contributed by atoms with E-state index in [4.69, 9.17) is 50.9 Å². The maximum atomic E-state index is 14.6. The molecule has 17 heteroatoms. The predicted octanol–water partition coefficient (Wildman–Crippen LogP) is 7.64. The number of imidazole rings is 2. The van der Waals surface area contributed by atoms with Crippen molar-refractivity contribution in [3.8, 4) is 11.5 Å². The standard InChI is InChI=1S/C16H11BrFN5O.C9H10FNO.C7H2BrClN4/c1-19-14-8-23-15(22-14)11(17)7-21-16(23)20-6-10-9-4-5-24-13(9)3-2-12(10)18;10-8-1-2-9-6(3-4-12-9)7(8)5-11;1-10-5-3-13-6(12-5)4(8)2-11-7(13)9/h2-3,7-8H,4-6H2,(H,20,21);1-2H,3-5,11H2;2-3H/i4D,5D,6D2;3D,4D,5D2;. The monoisotopic (exact) mass is 818 g/mol. The van der Waals surface area contributed by atoms with E-state index in [-0.39, 0.29) is 40.0 Å². The van der Waals surface area contributed by atoms with Gasteiger partial charge in [-0.2, -0.15) is 0 Å². The number of ether oxygens (including phenoxy) is 2. The fourth-order valence-electron chi connectivity index (χ4n) is 4.47. The summed E-state index contributed by atoms with van der Waals surface area (Å²) in [6.07, 6.45) is 3.47. The van der Waals surface area contributed by atoms with Gasteiger partial charge in [0.2, 0.25) is 22.5 Å². The zero-order valence-corrected chi connectivity index (χ0v) is 28.2. The number of hydrogen-bond acceptors (Lipinski definition) is 8. The number of benzene rings is 2. The van der Waals surface area contributed by atoms with Crippen LogP contribution in [0.3, 0.4) is 0 Å². The summed E-state index contributed by atoms with van der Waals surface area (Å²) in [5.74, 6) is -1.05. The lowest BCUT2D eigenvalue weighted by Gasteiger charge is -2.11. The minimum absolute atomic E-state index is 0.00882. The first-order valence-corrected chi connectivity index (χ1v) is 15.5. The fourth-order valence-corrected chi connectivity index (χ4v) is 5.41. The number of nitrogens with one attached hydrogen (secondary N) is 1. The van der Waals surface area contributed by atoms with Gasteiger partial charge in [0.15, 0.2) is 0 Å². The maximum absolute atomic E-state index is 14.6. The first-order chi connectivity index (χ1) is 26.8. The smallest absolute Gasteiger partial charge is 0.288 e. The molecule has 4 unspecified atom stereocenters. The first kappa shape index (κ1) is 25.2. The zero-order valence-electron chi connectivity index (χ0n) is 32.3. The van der Waals surface area contributed by atoms with Gasteiger partial charge in [0.1, 0.15) is 32.1 Å². The molecule has 0 fully saturated rings. The second-order valence-electron chi connectivity index (χ2n) is 9.52. The highest BCUT2D eigenvalue weighted by Crippen LogP contribution is 2.32. The van der Waals surface area contributed by atoms with Gasteiger partial charge in [-0.15, -0.1) is 0 Å². The largest absolute Gasteiger partial charge is 0.493 e. The molecule has 0 radical (unpaired) electrons. The molecule has 4 atom stereocenters. The summed E-state index contributed by atoms with van der Waals surface area (Å²) in [6.45, 7) is 6.58. The number of rotatable bonds is 4. The van der Waals surface area contributed by atoms with Crippen molar-refractivity contribution in [3.05, 3.63) is 120 Å². The lowest BCUT2D eigenvalue weighted by atomic mass is 10.0. The Kier molecular flexibility index (Phi) is 7.55. The van der Waals surface area contributed by atoms with Gasteiger partial charge < -0.3 is 30.2 Å². The molecule has 0 saturated heterocycles. The molecule has 248 valence electrons. The number of nitrogens with zero attached hydrogens (tertiary/aromatic N) is 8. The summed E-state index contributed by atoms with van der Waals surface area (Å²) in [5.41, 5.74) is 5.39. The van der Waals surface area contributed by atoms with E-state index >= 15 is 0 Å². The number of hydrogen-bond donors (Lipinski definition) is 2. The molecular weight excluding hydrogens is 790 g/mol. The van der Waals surface area contributed by atoms with Crippen molar-refractivity contribution in [1.82, 2.24) is 28.7 Å². The van der Waals surface area contributed by atoms with Gasteiger partial charge in [-0.1, -0.05) is 23.1 Å². The van der Waals surface area contributed by atoms with Crippen LogP contribution < -0.4 is 20.5 Å². The number of aromatic nitrogens is 6. The van der Waals surface area contributed by atoms with Gasteiger partial charge >= 0.3 is 0 Å². The summed E-state index contributed by atoms with van der Waals surface area (Å²) in [7, 11) is 0.